The SMILES string of the molecule is CC(=O)NC[C@@H](O)[C@@H](O)C1O[C@](C)(C(=O)O)C[C@H](O)[C@@H]1NC(C)=O. The number of hydrogen-bond donors (Lipinski definition) is 6. The van der Waals surface area contributed by atoms with Crippen molar-refractivity contribution in [3.63, 3.8) is 0 Å². The zero-order chi connectivity index (χ0) is 18.7. The molecule has 1 rings (SSSR count). The van der Waals surface area contributed by atoms with Crippen molar-refractivity contribution >= 4 is 17.8 Å². The maximum Gasteiger partial charge on any atom is 0.335 e. The normalized spacial score (nSPS) is 32.5. The number of carboxylic acids is 1. The second-order valence-electron chi connectivity index (χ2n) is 6.11. The monoisotopic (exact) mass is 348 g/mol. The van der Waals surface area contributed by atoms with Gasteiger partial charge in [0, 0.05) is 26.8 Å². The number of aliphatic hydroxyl groups excluding tert-OH is 3. The van der Waals surface area contributed by atoms with Crippen molar-refractivity contribution in [3.05, 3.63) is 0 Å². The maximum absolute atomic E-state index is 11.4. The summed E-state index contributed by atoms with van der Waals surface area (Å²) in [6.07, 6.45) is -6.14. The molecule has 0 aromatic rings. The lowest BCUT2D eigenvalue weighted by atomic mass is 9.84. The molecule has 1 heterocycles. The lowest BCUT2D eigenvalue weighted by Gasteiger charge is -2.45. The Labute approximate surface area is 138 Å². The fraction of sp³-hybridized carbons (Fsp3) is 0.786. The molecular weight excluding hydrogens is 324 g/mol. The van der Waals surface area contributed by atoms with E-state index in [1.54, 1.807) is 0 Å². The average molecular weight is 348 g/mol. The Morgan fingerprint density at radius 3 is 2.29 bits per heavy atom. The van der Waals surface area contributed by atoms with Gasteiger partial charge in [-0.25, -0.2) is 4.79 Å². The minimum Gasteiger partial charge on any atom is -0.479 e. The molecule has 1 aliphatic heterocycles. The highest BCUT2D eigenvalue weighted by Gasteiger charge is 2.52. The van der Waals surface area contributed by atoms with Crippen molar-refractivity contribution in [1.29, 1.82) is 0 Å². The summed E-state index contributed by atoms with van der Waals surface area (Å²) in [4.78, 5) is 33.6. The molecule has 1 saturated heterocycles. The van der Waals surface area contributed by atoms with Gasteiger partial charge in [-0.05, 0) is 6.92 Å². The third-order valence-electron chi connectivity index (χ3n) is 3.88. The summed E-state index contributed by atoms with van der Waals surface area (Å²) < 4.78 is 5.41. The molecule has 1 aliphatic rings. The lowest BCUT2D eigenvalue weighted by molar-refractivity contribution is -0.222. The summed E-state index contributed by atoms with van der Waals surface area (Å²) in [5, 5.41) is 44.4. The van der Waals surface area contributed by atoms with E-state index < -0.39 is 53.8 Å². The molecule has 1 fully saturated rings. The van der Waals surface area contributed by atoms with Crippen LogP contribution in [-0.4, -0.2) is 80.8 Å². The zero-order valence-corrected chi connectivity index (χ0v) is 13.7. The van der Waals surface area contributed by atoms with Crippen LogP contribution in [0, 0.1) is 0 Å². The summed E-state index contributed by atoms with van der Waals surface area (Å²) in [5.41, 5.74) is -1.80. The van der Waals surface area contributed by atoms with Crippen LogP contribution in [0.5, 0.6) is 0 Å². The van der Waals surface area contributed by atoms with Crippen LogP contribution in [0.1, 0.15) is 27.2 Å². The van der Waals surface area contributed by atoms with E-state index in [-0.39, 0.29) is 13.0 Å². The number of hydrogen-bond acceptors (Lipinski definition) is 7. The fourth-order valence-corrected chi connectivity index (χ4v) is 2.59. The number of carbonyl (C=O) groups excluding carboxylic acids is 2. The molecule has 6 N–H and O–H groups in total. The number of amides is 2. The molecule has 10 heteroatoms. The standard InChI is InChI=1S/C14H24N2O8/c1-6(17)15-5-9(20)11(21)12-10(16-7(2)18)8(19)4-14(3,24-12)13(22)23/h8-12,19-21H,4-5H2,1-3H3,(H,15,17)(H,16,18)(H,22,23)/t8-,9+,10-,11+,12?,14-/m0/s1. The van der Waals surface area contributed by atoms with Crippen molar-refractivity contribution in [2.75, 3.05) is 6.54 Å². The Kier molecular flexibility index (Phi) is 6.67. The molecule has 1 unspecified atom stereocenters. The van der Waals surface area contributed by atoms with E-state index in [0.29, 0.717) is 0 Å². The van der Waals surface area contributed by atoms with Crippen LogP contribution in [-0.2, 0) is 19.1 Å². The van der Waals surface area contributed by atoms with Crippen LogP contribution >= 0.6 is 0 Å². The van der Waals surface area contributed by atoms with Crippen LogP contribution in [0.3, 0.4) is 0 Å². The van der Waals surface area contributed by atoms with Gasteiger partial charge in [-0.1, -0.05) is 0 Å². The third kappa shape index (κ3) is 4.87. The van der Waals surface area contributed by atoms with Gasteiger partial charge in [0.25, 0.3) is 0 Å². The Hall–Kier alpha value is -1.75. The van der Waals surface area contributed by atoms with Crippen LogP contribution in [0.25, 0.3) is 0 Å². The molecular formula is C14H24N2O8. The predicted molar refractivity (Wildman–Crippen MR) is 79.8 cm³/mol. The number of ether oxygens (including phenoxy) is 1. The second-order valence-corrected chi connectivity index (χ2v) is 6.11. The van der Waals surface area contributed by atoms with Gasteiger partial charge < -0.3 is 35.8 Å². The summed E-state index contributed by atoms with van der Waals surface area (Å²) >= 11 is 0. The Balaban J connectivity index is 3.01. The topological polar surface area (TPSA) is 165 Å². The highest BCUT2D eigenvalue weighted by atomic mass is 16.6. The van der Waals surface area contributed by atoms with Gasteiger partial charge in [-0.15, -0.1) is 0 Å². The van der Waals surface area contributed by atoms with Crippen LogP contribution in [0.2, 0.25) is 0 Å². The molecule has 0 saturated carbocycles. The summed E-state index contributed by atoms with van der Waals surface area (Å²) in [6.45, 7) is 3.34. The number of aliphatic hydroxyl groups is 3. The van der Waals surface area contributed by atoms with Crippen LogP contribution < -0.4 is 10.6 Å². The average Bonchev–Trinajstić information content (AvgIpc) is 2.46. The third-order valence-corrected chi connectivity index (χ3v) is 3.88. The Morgan fingerprint density at radius 1 is 1.25 bits per heavy atom. The molecule has 0 radical (unpaired) electrons. The van der Waals surface area contributed by atoms with Gasteiger partial charge in [0.15, 0.2) is 5.60 Å². The van der Waals surface area contributed by atoms with Gasteiger partial charge in [0.1, 0.15) is 12.2 Å². The maximum atomic E-state index is 11.4. The highest BCUT2D eigenvalue weighted by molar-refractivity contribution is 5.77. The van der Waals surface area contributed by atoms with E-state index in [2.05, 4.69) is 10.6 Å². The predicted octanol–water partition coefficient (Wildman–Crippen LogP) is -2.66. The van der Waals surface area contributed by atoms with Crippen LogP contribution in [0.15, 0.2) is 0 Å². The Bertz CT molecular complexity index is 499. The molecule has 0 aromatic carbocycles. The Morgan fingerprint density at radius 2 is 1.83 bits per heavy atom. The molecule has 0 bridgehead atoms. The van der Waals surface area contributed by atoms with Crippen LogP contribution in [0.4, 0.5) is 0 Å². The van der Waals surface area contributed by atoms with Crippen molar-refractivity contribution < 1.29 is 39.5 Å². The summed E-state index contributed by atoms with van der Waals surface area (Å²) in [7, 11) is 0. The van der Waals surface area contributed by atoms with E-state index in [1.165, 1.54) is 20.8 Å². The smallest absolute Gasteiger partial charge is 0.335 e. The largest absolute Gasteiger partial charge is 0.479 e. The van der Waals surface area contributed by atoms with Crippen molar-refractivity contribution in [1.82, 2.24) is 10.6 Å². The van der Waals surface area contributed by atoms with E-state index in [1.807, 2.05) is 0 Å². The van der Waals surface area contributed by atoms with Gasteiger partial charge in [0.2, 0.25) is 11.8 Å². The molecule has 10 nitrogen and oxygen atoms in total. The molecule has 138 valence electrons. The minimum atomic E-state index is -1.80. The molecule has 0 spiro atoms. The van der Waals surface area contributed by atoms with E-state index in [0.717, 1.165) is 0 Å². The highest BCUT2D eigenvalue weighted by Crippen LogP contribution is 2.32. The number of carbonyl (C=O) groups is 3. The first-order chi connectivity index (χ1) is 11.0. The molecule has 0 aromatic heterocycles. The van der Waals surface area contributed by atoms with Crippen molar-refractivity contribution in [2.24, 2.45) is 0 Å². The summed E-state index contributed by atoms with van der Waals surface area (Å²) in [5.74, 6) is -2.30. The molecule has 24 heavy (non-hydrogen) atoms. The fourth-order valence-electron chi connectivity index (χ4n) is 2.59. The minimum absolute atomic E-state index is 0.303. The molecule has 2 amide bonds. The quantitative estimate of drug-likeness (QED) is 0.303. The summed E-state index contributed by atoms with van der Waals surface area (Å²) in [6, 6.07) is -1.11. The first kappa shape index (κ1) is 20.3. The number of rotatable bonds is 6. The van der Waals surface area contributed by atoms with E-state index >= 15 is 0 Å². The van der Waals surface area contributed by atoms with Crippen molar-refractivity contribution in [2.45, 2.75) is 63.3 Å². The lowest BCUT2D eigenvalue weighted by Crippen LogP contribution is -2.66. The number of aliphatic carboxylic acids is 1. The van der Waals surface area contributed by atoms with Gasteiger partial charge >= 0.3 is 5.97 Å². The van der Waals surface area contributed by atoms with E-state index in [4.69, 9.17) is 4.74 Å². The van der Waals surface area contributed by atoms with Gasteiger partial charge in [0.05, 0.1) is 18.2 Å². The first-order valence-electron chi connectivity index (χ1n) is 7.45. The van der Waals surface area contributed by atoms with E-state index in [9.17, 15) is 34.8 Å². The number of nitrogens with one attached hydrogen (secondary N) is 2. The van der Waals surface area contributed by atoms with Gasteiger partial charge in [-0.2, -0.15) is 0 Å². The second kappa shape index (κ2) is 7.88. The molecule has 6 atom stereocenters. The number of carboxylic acid groups (broad SMARTS) is 1. The first-order valence-corrected chi connectivity index (χ1v) is 7.45. The molecule has 0 aliphatic carbocycles. The van der Waals surface area contributed by atoms with Gasteiger partial charge in [-0.3, -0.25) is 9.59 Å². The zero-order valence-electron chi connectivity index (χ0n) is 13.7. The van der Waals surface area contributed by atoms with Crippen molar-refractivity contribution in [3.8, 4) is 0 Å².